The zero-order valence-electron chi connectivity index (χ0n) is 17.2. The van der Waals surface area contributed by atoms with Gasteiger partial charge in [-0.25, -0.2) is 4.79 Å². The number of halogens is 1. The Morgan fingerprint density at radius 3 is 2.28 bits per heavy atom. The molecule has 3 rings (SSSR count). The van der Waals surface area contributed by atoms with Crippen molar-refractivity contribution in [2.45, 2.75) is 51.9 Å². The quantitative estimate of drug-likeness (QED) is 0.605. The zero-order chi connectivity index (χ0) is 20.9. The maximum absolute atomic E-state index is 12.4. The summed E-state index contributed by atoms with van der Waals surface area (Å²) in [5.41, 5.74) is 0.561. The number of benzene rings is 2. The Kier molecular flexibility index (Phi) is 6.91. The Morgan fingerprint density at radius 1 is 1.03 bits per heavy atom. The molecule has 2 aromatic rings. The molecular formula is C23H28ClNO4. The monoisotopic (exact) mass is 417 g/mol. The second-order valence-corrected chi connectivity index (χ2v) is 8.60. The molecule has 6 heteroatoms. The summed E-state index contributed by atoms with van der Waals surface area (Å²) < 4.78 is 17.2. The van der Waals surface area contributed by atoms with Crippen LogP contribution >= 0.6 is 11.6 Å². The molecule has 1 atom stereocenters. The molecule has 1 fully saturated rings. The first kappa shape index (κ1) is 21.3. The number of nitrogens with zero attached hydrogens (tertiary/aromatic N) is 1. The van der Waals surface area contributed by atoms with Crippen LogP contribution < -0.4 is 9.47 Å². The number of hydrogen-bond acceptors (Lipinski definition) is 4. The number of likely N-dealkylation sites (tertiary alicyclic amines) is 1. The van der Waals surface area contributed by atoms with E-state index >= 15 is 0 Å². The minimum Gasteiger partial charge on any atom is -0.491 e. The molecule has 2 aromatic carbocycles. The van der Waals surface area contributed by atoms with Crippen LogP contribution in [-0.2, 0) is 11.3 Å². The van der Waals surface area contributed by atoms with Crippen molar-refractivity contribution in [1.29, 1.82) is 0 Å². The standard InChI is InChI=1S/C23H28ClNO4/c1-23(2,3)29-22(26)25-14-4-5-19(25)16-28-21-12-10-20(11-13-21)27-15-17-6-8-18(24)9-7-17/h6-13,19H,4-5,14-16H2,1-3H3. The van der Waals surface area contributed by atoms with Gasteiger partial charge in [0.25, 0.3) is 0 Å². The zero-order valence-corrected chi connectivity index (χ0v) is 17.9. The average molecular weight is 418 g/mol. The molecule has 0 spiro atoms. The molecule has 1 heterocycles. The van der Waals surface area contributed by atoms with Gasteiger partial charge in [0, 0.05) is 11.6 Å². The van der Waals surface area contributed by atoms with E-state index < -0.39 is 5.60 Å². The third kappa shape index (κ3) is 6.57. The SMILES string of the molecule is CC(C)(C)OC(=O)N1CCCC1COc1ccc(OCc2ccc(Cl)cc2)cc1. The van der Waals surface area contributed by atoms with Crippen molar-refractivity contribution in [2.75, 3.05) is 13.2 Å². The molecule has 1 unspecified atom stereocenters. The van der Waals surface area contributed by atoms with Crippen LogP contribution in [0.5, 0.6) is 11.5 Å². The van der Waals surface area contributed by atoms with Gasteiger partial charge in [-0.15, -0.1) is 0 Å². The maximum Gasteiger partial charge on any atom is 0.410 e. The summed E-state index contributed by atoms with van der Waals surface area (Å²) in [5, 5.41) is 0.711. The van der Waals surface area contributed by atoms with Crippen LogP contribution in [0.2, 0.25) is 5.02 Å². The molecule has 29 heavy (non-hydrogen) atoms. The molecule has 0 aromatic heterocycles. The Labute approximate surface area is 177 Å². The first-order chi connectivity index (χ1) is 13.8. The van der Waals surface area contributed by atoms with Crippen molar-refractivity contribution in [1.82, 2.24) is 4.90 Å². The van der Waals surface area contributed by atoms with Crippen molar-refractivity contribution in [3.63, 3.8) is 0 Å². The minimum absolute atomic E-state index is 0.0330. The predicted molar refractivity (Wildman–Crippen MR) is 114 cm³/mol. The first-order valence-electron chi connectivity index (χ1n) is 9.90. The number of amides is 1. The molecular weight excluding hydrogens is 390 g/mol. The highest BCUT2D eigenvalue weighted by Crippen LogP contribution is 2.23. The van der Waals surface area contributed by atoms with E-state index in [0.717, 1.165) is 29.9 Å². The lowest BCUT2D eigenvalue weighted by molar-refractivity contribution is 0.0187. The van der Waals surface area contributed by atoms with E-state index in [1.165, 1.54) is 0 Å². The van der Waals surface area contributed by atoms with E-state index in [9.17, 15) is 4.79 Å². The van der Waals surface area contributed by atoms with E-state index in [2.05, 4.69) is 0 Å². The molecule has 1 amide bonds. The maximum atomic E-state index is 12.4. The Hall–Kier alpha value is -2.40. The third-order valence-electron chi connectivity index (χ3n) is 4.59. The van der Waals surface area contributed by atoms with Crippen LogP contribution in [0.25, 0.3) is 0 Å². The van der Waals surface area contributed by atoms with Crippen LogP contribution in [0.15, 0.2) is 48.5 Å². The van der Waals surface area contributed by atoms with Crippen molar-refractivity contribution in [2.24, 2.45) is 0 Å². The fourth-order valence-electron chi connectivity index (χ4n) is 3.14. The van der Waals surface area contributed by atoms with Crippen molar-refractivity contribution in [3.05, 3.63) is 59.1 Å². The Balaban J connectivity index is 1.48. The molecule has 0 radical (unpaired) electrons. The highest BCUT2D eigenvalue weighted by atomic mass is 35.5. The fraction of sp³-hybridized carbons (Fsp3) is 0.435. The molecule has 156 valence electrons. The van der Waals surface area contributed by atoms with Crippen molar-refractivity contribution < 1.29 is 19.0 Å². The summed E-state index contributed by atoms with van der Waals surface area (Å²) in [6.45, 7) is 7.27. The van der Waals surface area contributed by atoms with Gasteiger partial charge >= 0.3 is 6.09 Å². The van der Waals surface area contributed by atoms with Gasteiger partial charge in [-0.05, 0) is 75.6 Å². The van der Waals surface area contributed by atoms with Crippen LogP contribution in [0.3, 0.4) is 0 Å². The van der Waals surface area contributed by atoms with Crippen LogP contribution in [0.4, 0.5) is 4.79 Å². The van der Waals surface area contributed by atoms with Crippen molar-refractivity contribution >= 4 is 17.7 Å². The second kappa shape index (κ2) is 9.40. The second-order valence-electron chi connectivity index (χ2n) is 8.17. The summed E-state index contributed by atoms with van der Waals surface area (Å²) in [4.78, 5) is 14.1. The Morgan fingerprint density at radius 2 is 1.66 bits per heavy atom. The van der Waals surface area contributed by atoms with E-state index in [4.69, 9.17) is 25.8 Å². The highest BCUT2D eigenvalue weighted by Gasteiger charge is 2.32. The lowest BCUT2D eigenvalue weighted by Crippen LogP contribution is -2.42. The number of ether oxygens (including phenoxy) is 3. The molecule has 0 aliphatic carbocycles. The third-order valence-corrected chi connectivity index (χ3v) is 4.84. The largest absolute Gasteiger partial charge is 0.491 e. The highest BCUT2D eigenvalue weighted by molar-refractivity contribution is 6.30. The van der Waals surface area contributed by atoms with Gasteiger partial charge in [0.05, 0.1) is 6.04 Å². The fourth-order valence-corrected chi connectivity index (χ4v) is 3.27. The van der Waals surface area contributed by atoms with E-state index in [0.29, 0.717) is 24.8 Å². The normalized spacial score (nSPS) is 16.6. The number of hydrogen-bond donors (Lipinski definition) is 0. The average Bonchev–Trinajstić information content (AvgIpc) is 3.14. The summed E-state index contributed by atoms with van der Waals surface area (Å²) in [6, 6.07) is 15.1. The summed E-state index contributed by atoms with van der Waals surface area (Å²) in [7, 11) is 0. The van der Waals surface area contributed by atoms with Gasteiger partial charge in [0.15, 0.2) is 0 Å². The van der Waals surface area contributed by atoms with Gasteiger partial charge in [0.2, 0.25) is 0 Å². The van der Waals surface area contributed by atoms with Gasteiger partial charge in [-0.2, -0.15) is 0 Å². The lowest BCUT2D eigenvalue weighted by Gasteiger charge is -2.28. The van der Waals surface area contributed by atoms with Crippen LogP contribution in [0.1, 0.15) is 39.2 Å². The summed E-state index contributed by atoms with van der Waals surface area (Å²) in [6.07, 6.45) is 1.61. The first-order valence-corrected chi connectivity index (χ1v) is 10.3. The van der Waals surface area contributed by atoms with E-state index in [1.54, 1.807) is 4.90 Å². The minimum atomic E-state index is -0.493. The summed E-state index contributed by atoms with van der Waals surface area (Å²) in [5.74, 6) is 1.52. The smallest absolute Gasteiger partial charge is 0.410 e. The molecule has 1 aliphatic heterocycles. The van der Waals surface area contributed by atoms with Crippen LogP contribution in [0, 0.1) is 0 Å². The van der Waals surface area contributed by atoms with Gasteiger partial charge in [0.1, 0.15) is 30.3 Å². The molecule has 0 bridgehead atoms. The van der Waals surface area contributed by atoms with E-state index in [-0.39, 0.29) is 12.1 Å². The number of carbonyl (C=O) groups is 1. The van der Waals surface area contributed by atoms with Crippen molar-refractivity contribution in [3.8, 4) is 11.5 Å². The predicted octanol–water partition coefficient (Wildman–Crippen LogP) is 5.70. The van der Waals surface area contributed by atoms with E-state index in [1.807, 2.05) is 69.3 Å². The molecule has 1 saturated heterocycles. The lowest BCUT2D eigenvalue weighted by atomic mass is 10.2. The topological polar surface area (TPSA) is 48.0 Å². The van der Waals surface area contributed by atoms with Gasteiger partial charge in [-0.1, -0.05) is 23.7 Å². The molecule has 0 saturated carbocycles. The molecule has 0 N–H and O–H groups in total. The molecule has 1 aliphatic rings. The Bertz CT molecular complexity index is 799. The van der Waals surface area contributed by atoms with Gasteiger partial charge < -0.3 is 19.1 Å². The van der Waals surface area contributed by atoms with Gasteiger partial charge in [-0.3, -0.25) is 0 Å². The number of carbonyl (C=O) groups excluding carboxylic acids is 1. The number of rotatable bonds is 6. The molecule has 5 nitrogen and oxygen atoms in total. The summed E-state index contributed by atoms with van der Waals surface area (Å²) >= 11 is 5.89. The van der Waals surface area contributed by atoms with Crippen LogP contribution in [-0.4, -0.2) is 35.8 Å².